The lowest BCUT2D eigenvalue weighted by Gasteiger charge is -2.53. The average Bonchev–Trinajstić information content (AvgIpc) is 1.70. The van der Waals surface area contributed by atoms with Gasteiger partial charge in [0.2, 0.25) is 5.60 Å². The molecule has 0 bridgehead atoms. The van der Waals surface area contributed by atoms with E-state index in [1.165, 1.54) is 34.9 Å². The molecule has 1 saturated heterocycles. The van der Waals surface area contributed by atoms with Crippen molar-refractivity contribution in [3.63, 3.8) is 0 Å². The molecule has 3 fully saturated rings. The summed E-state index contributed by atoms with van der Waals surface area (Å²) in [6, 6.07) is 16.7. The van der Waals surface area contributed by atoms with Crippen LogP contribution in [0.1, 0.15) is 184 Å². The second-order valence-corrected chi connectivity index (χ2v) is 27.1. The maximum atomic E-state index is 14.3. The van der Waals surface area contributed by atoms with Crippen LogP contribution in [-0.2, 0) is 63.5 Å². The van der Waals surface area contributed by atoms with Crippen molar-refractivity contribution in [2.24, 2.45) is 23.2 Å². The van der Waals surface area contributed by atoms with Gasteiger partial charge in [-0.2, -0.15) is 0 Å². The second-order valence-electron chi connectivity index (χ2n) is 27.1. The van der Waals surface area contributed by atoms with Crippen molar-refractivity contribution >= 4 is 52.2 Å². The number of allylic oxidation sites excluding steroid dienone is 4. The highest BCUT2D eigenvalue weighted by Crippen LogP contribution is 2.66. The normalized spacial score (nSPS) is 24.0. The van der Waals surface area contributed by atoms with Gasteiger partial charge in [0.15, 0.2) is 5.78 Å². The van der Waals surface area contributed by atoms with Gasteiger partial charge in [0.1, 0.15) is 24.2 Å². The van der Waals surface area contributed by atoms with Crippen molar-refractivity contribution in [2.75, 3.05) is 65.3 Å². The lowest BCUT2D eigenvalue weighted by atomic mass is 9.51. The molecular formula is C72H92N6O11. The lowest BCUT2D eigenvalue weighted by molar-refractivity contribution is -0.189. The van der Waals surface area contributed by atoms with E-state index in [1.54, 1.807) is 35.4 Å². The van der Waals surface area contributed by atoms with Gasteiger partial charge in [-0.1, -0.05) is 70.6 Å². The second kappa shape index (κ2) is 26.8. The van der Waals surface area contributed by atoms with Crippen LogP contribution in [0.2, 0.25) is 0 Å². The van der Waals surface area contributed by atoms with Crippen molar-refractivity contribution in [1.29, 1.82) is 0 Å². The number of cyclic esters (lactones) is 1. The first kappa shape index (κ1) is 63.6. The van der Waals surface area contributed by atoms with E-state index in [-0.39, 0.29) is 78.9 Å². The molecule has 0 spiro atoms. The monoisotopic (exact) mass is 1220 g/mol. The average molecular weight is 1220 g/mol. The van der Waals surface area contributed by atoms with Crippen LogP contribution in [0.25, 0.3) is 22.3 Å². The molecule has 1 amide bonds. The first-order valence-corrected chi connectivity index (χ1v) is 33.2. The Balaban J connectivity index is 0.677. The zero-order valence-corrected chi connectivity index (χ0v) is 53.8. The zero-order valence-electron chi connectivity index (χ0n) is 53.8. The van der Waals surface area contributed by atoms with E-state index in [0.717, 1.165) is 126 Å². The van der Waals surface area contributed by atoms with Gasteiger partial charge in [0, 0.05) is 112 Å². The van der Waals surface area contributed by atoms with Crippen molar-refractivity contribution in [3.8, 4) is 17.1 Å². The first-order chi connectivity index (χ1) is 42.8. The van der Waals surface area contributed by atoms with Crippen LogP contribution >= 0.6 is 0 Å². The molecule has 476 valence electrons. The molecule has 2 aromatic carbocycles. The maximum Gasteiger partial charge on any atom is 0.415 e. The summed E-state index contributed by atoms with van der Waals surface area (Å²) in [5.41, 5.74) is 8.61. The predicted molar refractivity (Wildman–Crippen MR) is 341 cm³/mol. The van der Waals surface area contributed by atoms with E-state index in [2.05, 4.69) is 55.0 Å². The number of unbranched alkanes of at least 4 members (excludes halogenated alkanes) is 6. The largest absolute Gasteiger partial charge is 0.462 e. The minimum Gasteiger partial charge on any atom is -0.462 e. The number of anilines is 1. The van der Waals surface area contributed by atoms with Crippen LogP contribution in [0.5, 0.6) is 5.75 Å². The molecule has 0 N–H and O–H groups in total. The smallest absolute Gasteiger partial charge is 0.415 e. The molecule has 2 aromatic heterocycles. The van der Waals surface area contributed by atoms with Gasteiger partial charge in [0.25, 0.3) is 5.56 Å². The van der Waals surface area contributed by atoms with Gasteiger partial charge in [-0.25, -0.2) is 14.6 Å². The third kappa shape index (κ3) is 12.9. The molecule has 4 unspecified atom stereocenters. The number of amides is 1. The number of fused-ring (bicyclic) bond motifs is 9. The number of pyridine rings is 2. The summed E-state index contributed by atoms with van der Waals surface area (Å²) in [5, 5.41) is 0.813. The van der Waals surface area contributed by atoms with E-state index in [0.29, 0.717) is 78.1 Å². The van der Waals surface area contributed by atoms with E-state index >= 15 is 0 Å². The highest BCUT2D eigenvalue weighted by atomic mass is 16.6. The molecule has 17 heteroatoms. The summed E-state index contributed by atoms with van der Waals surface area (Å²) in [4.78, 5) is 106. The van der Waals surface area contributed by atoms with Crippen LogP contribution in [0.15, 0.2) is 76.1 Å². The molecule has 4 aliphatic carbocycles. The Morgan fingerprint density at radius 1 is 0.854 bits per heavy atom. The highest BCUT2D eigenvalue weighted by Gasteiger charge is 2.59. The zero-order chi connectivity index (χ0) is 62.9. The number of ether oxygens (including phenoxy) is 4. The number of esters is 3. The molecular weight excluding hydrogens is 1120 g/mol. The van der Waals surface area contributed by atoms with Crippen LogP contribution < -0.4 is 15.2 Å². The number of Topliss-reactive ketones (excluding diaryl/α,β-unsaturated/α-hetero) is 1. The number of benzene rings is 2. The van der Waals surface area contributed by atoms with Crippen LogP contribution in [0, 0.1) is 23.2 Å². The molecule has 89 heavy (non-hydrogen) atoms. The van der Waals surface area contributed by atoms with Crippen LogP contribution in [0.3, 0.4) is 0 Å². The fourth-order valence-electron chi connectivity index (χ4n) is 16.6. The predicted octanol–water partition coefficient (Wildman–Crippen LogP) is 11.9. The molecule has 4 aromatic rings. The summed E-state index contributed by atoms with van der Waals surface area (Å²) in [6.07, 6.45) is 15.8. The van der Waals surface area contributed by atoms with E-state index in [1.807, 2.05) is 37.2 Å². The van der Waals surface area contributed by atoms with Gasteiger partial charge >= 0.3 is 24.0 Å². The van der Waals surface area contributed by atoms with Crippen molar-refractivity contribution in [3.05, 3.63) is 109 Å². The fourth-order valence-corrected chi connectivity index (χ4v) is 16.6. The number of piperazine rings is 1. The number of aromatic nitrogens is 2. The number of carbonyl (C=O) groups excluding carboxylic acids is 6. The van der Waals surface area contributed by atoms with Gasteiger partial charge in [-0.3, -0.25) is 28.9 Å². The van der Waals surface area contributed by atoms with E-state index in [9.17, 15) is 33.6 Å². The third-order valence-corrected chi connectivity index (χ3v) is 21.1. The van der Waals surface area contributed by atoms with Gasteiger partial charge in [0.05, 0.1) is 29.0 Å². The molecule has 0 radical (unpaired) electrons. The third-order valence-electron chi connectivity index (χ3n) is 21.1. The quantitative estimate of drug-likeness (QED) is 0.0341. The molecule has 7 aliphatic rings. The lowest BCUT2D eigenvalue weighted by Crippen LogP contribution is -2.49. The number of nitrogens with zero attached hydrogens (tertiary/aromatic N) is 6. The molecule has 17 nitrogen and oxygen atoms in total. The Bertz CT molecular complexity index is 3510. The summed E-state index contributed by atoms with van der Waals surface area (Å²) in [5.74, 6) is 0.379. The molecule has 7 atom stereocenters. The molecule has 3 aliphatic heterocycles. The number of ketones is 2. The Labute approximate surface area is 524 Å². The SMILES string of the molecule is CCCCCCC(=O)O[C@]1(CC)C(=O)OCc2c1cc1n(c2=O)Cc2cc3c(CN(C)C)c(OC(=O)N4CCN(CCCCCCN(C)c5ccc([C@H]6CC7(C)C(C(CC(C)=O)OC(C)=O)CC[C@H]7C7CCC8=CC(=O)CCC8=C76)cc5)CC4)ccc3nc2-1. The molecule has 2 saturated carbocycles. The number of carbonyl (C=O) groups is 6. The first-order valence-electron chi connectivity index (χ1n) is 33.2. The highest BCUT2D eigenvalue weighted by molar-refractivity contribution is 5.93. The maximum absolute atomic E-state index is 14.3. The summed E-state index contributed by atoms with van der Waals surface area (Å²) in [7, 11) is 6.10. The van der Waals surface area contributed by atoms with Crippen LogP contribution in [-0.4, -0.2) is 126 Å². The van der Waals surface area contributed by atoms with E-state index < -0.39 is 23.6 Å². The minimum atomic E-state index is -1.74. The van der Waals surface area contributed by atoms with Crippen molar-refractivity contribution < 1.29 is 47.7 Å². The minimum absolute atomic E-state index is 0.0502. The van der Waals surface area contributed by atoms with E-state index in [4.69, 9.17) is 23.9 Å². The summed E-state index contributed by atoms with van der Waals surface area (Å²) >= 11 is 0. The van der Waals surface area contributed by atoms with Gasteiger partial charge < -0.3 is 38.2 Å². The Morgan fingerprint density at radius 3 is 2.35 bits per heavy atom. The Morgan fingerprint density at radius 2 is 1.62 bits per heavy atom. The Hall–Kier alpha value is -6.98. The topological polar surface area (TPSA) is 187 Å². The molecule has 11 rings (SSSR count). The standard InChI is InChI=1S/C72H92N6O11/c1-9-11-12-15-18-65(82)89-72(10-2)60-40-62-67-49(42-78(62)68(83)57(60)44-86-69(72)84)39-54-56(43-74(6)7)63(30-29-61(54)73-67)88-70(85)77-35-33-76(34-36-77)32-17-14-13-16-31-75(8)50-22-19-47(20-23-50)55-41-71(5)58(27-28-59(71)64(37-45(3)79)87-46(4)80)53-25-21-48-38-51(81)24-26-52(48)66(53)55/h19-20,22-23,29-30,38-40,53,55,58-59,64H,9-18,21,24-28,31-37,41-44H2,1-8H3/t53?,55-,58+,59?,64?,71?,72+/m1/s1. The fraction of sp³-hybridized carbons (Fsp3) is 0.583. The summed E-state index contributed by atoms with van der Waals surface area (Å²) < 4.78 is 25.4. The van der Waals surface area contributed by atoms with Crippen molar-refractivity contribution in [1.82, 2.24) is 24.3 Å². The number of hydrogen-bond acceptors (Lipinski definition) is 15. The summed E-state index contributed by atoms with van der Waals surface area (Å²) in [6.45, 7) is 14.4. The Kier molecular flexibility index (Phi) is 19.2. The number of rotatable bonds is 23. The van der Waals surface area contributed by atoms with Crippen LogP contribution in [0.4, 0.5) is 10.5 Å². The number of hydrogen-bond donors (Lipinski definition) is 0. The van der Waals surface area contributed by atoms with Gasteiger partial charge in [-0.05, 0) is 168 Å². The van der Waals surface area contributed by atoms with Gasteiger partial charge in [-0.15, -0.1) is 0 Å². The van der Waals surface area contributed by atoms with Crippen molar-refractivity contribution in [2.45, 2.75) is 188 Å². The molecule has 5 heterocycles.